The van der Waals surface area contributed by atoms with Crippen LogP contribution in [0.3, 0.4) is 0 Å². The molecule has 0 saturated heterocycles. The van der Waals surface area contributed by atoms with E-state index in [0.29, 0.717) is 0 Å². The van der Waals surface area contributed by atoms with Gasteiger partial charge in [-0.1, -0.05) is 283 Å². The second-order valence-corrected chi connectivity index (χ2v) is 21.4. The maximum absolute atomic E-state index is 2.54. The van der Waals surface area contributed by atoms with Gasteiger partial charge in [-0.25, -0.2) is 0 Å². The molecular weight excluding hydrogens is 964 g/mol. The van der Waals surface area contributed by atoms with Gasteiger partial charge < -0.3 is 9.47 Å². The Hall–Kier alpha value is -10.2. The van der Waals surface area contributed by atoms with E-state index in [9.17, 15) is 0 Å². The Bertz CT molecular complexity index is 4600. The van der Waals surface area contributed by atoms with Gasteiger partial charge >= 0.3 is 0 Å². The van der Waals surface area contributed by atoms with E-state index >= 15 is 0 Å². The molecule has 0 fully saturated rings. The molecule has 0 radical (unpaired) electrons. The van der Waals surface area contributed by atoms with E-state index in [4.69, 9.17) is 0 Å². The van der Waals surface area contributed by atoms with Crippen LogP contribution in [0.5, 0.6) is 0 Å². The van der Waals surface area contributed by atoms with Gasteiger partial charge in [-0.2, -0.15) is 0 Å². The highest BCUT2D eigenvalue weighted by molar-refractivity contribution is 7.01. The minimum absolute atomic E-state index is 0.103. The minimum Gasteiger partial charge on any atom is -0.310 e. The molecule has 2 aliphatic heterocycles. The van der Waals surface area contributed by atoms with E-state index in [1.165, 1.54) is 110 Å². The van der Waals surface area contributed by atoms with Crippen LogP contribution in [-0.4, -0.2) is 11.3 Å². The highest BCUT2D eigenvalue weighted by Gasteiger charge is 2.47. The Labute approximate surface area is 466 Å². The van der Waals surface area contributed by atoms with Crippen LogP contribution < -0.4 is 21.3 Å². The standard InChI is InChI=1S/C77H51BN2/c1-7-26-52(27-8-1)60-40-25-41-64-74-72(53-28-9-2-10-29-53)62-38-19-20-39-63(62)73(54-30-11-3-12-31-54)76(74)78(75(60)64)57-46-49-68-65(50-57)61-48-47-59(51-71(61)79(68)58-36-17-6-18-37-58)80-69-44-23-21-42-66(69)77(55-32-13-4-14-33-55,56-34-15-5-16-35-56)67-43-22-24-45-70(67)80/h1-51H. The van der Waals surface area contributed by atoms with Gasteiger partial charge in [0.25, 0.3) is 0 Å². The van der Waals surface area contributed by atoms with E-state index < -0.39 is 5.41 Å². The van der Waals surface area contributed by atoms with Crippen molar-refractivity contribution in [2.45, 2.75) is 5.41 Å². The summed E-state index contributed by atoms with van der Waals surface area (Å²) in [6.07, 6.45) is 0. The molecule has 0 N–H and O–H groups in total. The molecule has 0 amide bonds. The van der Waals surface area contributed by atoms with E-state index in [1.54, 1.807) is 0 Å². The molecule has 14 aromatic rings. The van der Waals surface area contributed by atoms with E-state index in [2.05, 4.69) is 319 Å². The highest BCUT2D eigenvalue weighted by Crippen LogP contribution is 2.58. The molecular formula is C77H51BN2. The van der Waals surface area contributed by atoms with Crippen LogP contribution in [0.15, 0.2) is 309 Å². The Morgan fingerprint density at radius 3 is 1.40 bits per heavy atom. The molecule has 0 bridgehead atoms. The third-order valence-corrected chi connectivity index (χ3v) is 17.3. The van der Waals surface area contributed by atoms with E-state index in [0.717, 1.165) is 28.3 Å². The predicted molar refractivity (Wildman–Crippen MR) is 338 cm³/mol. The lowest BCUT2D eigenvalue weighted by Gasteiger charge is -2.46. The van der Waals surface area contributed by atoms with Crippen molar-refractivity contribution in [3.8, 4) is 50.2 Å². The minimum atomic E-state index is -0.558. The van der Waals surface area contributed by atoms with Crippen molar-refractivity contribution in [3.05, 3.63) is 332 Å². The number of benzene rings is 13. The normalized spacial score (nSPS) is 13.1. The fourth-order valence-corrected chi connectivity index (χ4v) is 14.2. The molecule has 2 aliphatic rings. The number of anilines is 3. The number of rotatable bonds is 8. The number of para-hydroxylation sites is 3. The Morgan fingerprint density at radius 2 is 0.787 bits per heavy atom. The first-order valence-corrected chi connectivity index (χ1v) is 27.9. The lowest BCUT2D eigenvalue weighted by Crippen LogP contribution is -2.50. The summed E-state index contributed by atoms with van der Waals surface area (Å²) in [5, 5.41) is 4.94. The average molecular weight is 1020 g/mol. The van der Waals surface area contributed by atoms with Crippen LogP contribution in [0.1, 0.15) is 22.3 Å². The zero-order valence-corrected chi connectivity index (χ0v) is 43.9. The summed E-state index contributed by atoms with van der Waals surface area (Å²) < 4.78 is 2.49. The van der Waals surface area contributed by atoms with E-state index in [1.807, 2.05) is 0 Å². The lowest BCUT2D eigenvalue weighted by atomic mass is 9.37. The van der Waals surface area contributed by atoms with Crippen LogP contribution >= 0.6 is 0 Å². The monoisotopic (exact) mass is 1010 g/mol. The molecule has 13 aromatic carbocycles. The zero-order chi connectivity index (χ0) is 52.7. The Balaban J connectivity index is 0.968. The van der Waals surface area contributed by atoms with Gasteiger partial charge in [0.1, 0.15) is 0 Å². The van der Waals surface area contributed by atoms with Crippen LogP contribution in [-0.2, 0) is 5.41 Å². The van der Waals surface area contributed by atoms with Crippen molar-refractivity contribution in [1.82, 2.24) is 4.57 Å². The summed E-state index contributed by atoms with van der Waals surface area (Å²) in [6, 6.07) is 115. The van der Waals surface area contributed by atoms with Crippen LogP contribution in [0.4, 0.5) is 17.1 Å². The quantitative estimate of drug-likeness (QED) is 0.138. The van der Waals surface area contributed by atoms with Gasteiger partial charge in [0, 0.05) is 22.1 Å². The van der Waals surface area contributed by atoms with Gasteiger partial charge in [-0.15, -0.1) is 0 Å². The summed E-state index contributed by atoms with van der Waals surface area (Å²) in [5.74, 6) is 0. The van der Waals surface area contributed by atoms with Crippen LogP contribution in [0.2, 0.25) is 0 Å². The van der Waals surface area contributed by atoms with Crippen molar-refractivity contribution in [2.75, 3.05) is 4.90 Å². The van der Waals surface area contributed by atoms with Gasteiger partial charge in [0.2, 0.25) is 6.71 Å². The smallest absolute Gasteiger partial charge is 0.244 e. The molecule has 0 atom stereocenters. The van der Waals surface area contributed by atoms with Gasteiger partial charge in [0.15, 0.2) is 0 Å². The summed E-state index contributed by atoms with van der Waals surface area (Å²) in [6.45, 7) is -0.103. The Morgan fingerprint density at radius 1 is 0.287 bits per heavy atom. The second kappa shape index (κ2) is 18.5. The van der Waals surface area contributed by atoms with Crippen LogP contribution in [0.25, 0.3) is 82.8 Å². The number of fused-ring (bicyclic) bond motifs is 9. The van der Waals surface area contributed by atoms with Gasteiger partial charge in [-0.05, 0) is 120 Å². The maximum atomic E-state index is 2.54. The molecule has 3 heterocycles. The molecule has 0 unspecified atom stereocenters. The first-order valence-electron chi connectivity index (χ1n) is 27.9. The number of nitrogens with zero attached hydrogens (tertiary/aromatic N) is 2. The first kappa shape index (κ1) is 45.9. The van der Waals surface area contributed by atoms with Crippen molar-refractivity contribution in [1.29, 1.82) is 0 Å². The molecule has 372 valence electrons. The third-order valence-electron chi connectivity index (χ3n) is 17.3. The molecule has 0 aliphatic carbocycles. The lowest BCUT2D eigenvalue weighted by molar-refractivity contribution is 0.731. The first-order chi connectivity index (χ1) is 39.8. The fourth-order valence-electron chi connectivity index (χ4n) is 14.2. The molecule has 80 heavy (non-hydrogen) atoms. The predicted octanol–water partition coefficient (Wildman–Crippen LogP) is 17.6. The summed E-state index contributed by atoms with van der Waals surface area (Å²) >= 11 is 0. The average Bonchev–Trinajstić information content (AvgIpc) is 3.44. The zero-order valence-electron chi connectivity index (χ0n) is 43.9. The van der Waals surface area contributed by atoms with Crippen molar-refractivity contribution >= 4 is 72.7 Å². The topological polar surface area (TPSA) is 8.17 Å². The summed E-state index contributed by atoms with van der Waals surface area (Å²) in [7, 11) is 0. The molecule has 0 saturated carbocycles. The SMILES string of the molecule is c1ccc(-c2cccc3c2B(c2ccc4c(c2)c2ccc(N5c6ccccc6C(c6ccccc6)(c6ccccc6)c6ccccc65)cc2n4-c2ccccc2)c2c-3c(-c3ccccc3)c3ccccc3c2-c2ccccc2)cc1. The molecule has 2 nitrogen and oxygen atoms in total. The van der Waals surface area contributed by atoms with Crippen molar-refractivity contribution in [2.24, 2.45) is 0 Å². The van der Waals surface area contributed by atoms with E-state index in [-0.39, 0.29) is 6.71 Å². The van der Waals surface area contributed by atoms with Gasteiger partial charge in [0.05, 0.1) is 27.8 Å². The third kappa shape index (κ3) is 6.80. The molecule has 3 heteroatoms. The van der Waals surface area contributed by atoms with Crippen molar-refractivity contribution in [3.63, 3.8) is 0 Å². The van der Waals surface area contributed by atoms with Gasteiger partial charge in [-0.3, -0.25) is 0 Å². The van der Waals surface area contributed by atoms with Crippen LogP contribution in [0, 0.1) is 0 Å². The Kier molecular flexibility index (Phi) is 10.6. The highest BCUT2D eigenvalue weighted by atomic mass is 15.2. The number of aromatic nitrogens is 1. The fraction of sp³-hybridized carbons (Fsp3) is 0.0130. The number of hydrogen-bond acceptors (Lipinski definition) is 1. The molecule has 0 spiro atoms. The molecule has 1 aromatic heterocycles. The summed E-state index contributed by atoms with van der Waals surface area (Å²) in [5.41, 5.74) is 25.3. The maximum Gasteiger partial charge on any atom is 0.244 e. The second-order valence-electron chi connectivity index (χ2n) is 21.4. The largest absolute Gasteiger partial charge is 0.310 e. The molecule has 16 rings (SSSR count). The van der Waals surface area contributed by atoms with Crippen molar-refractivity contribution < 1.29 is 0 Å². The number of hydrogen-bond donors (Lipinski definition) is 0. The summed E-state index contributed by atoms with van der Waals surface area (Å²) in [4.78, 5) is 2.50.